The Bertz CT molecular complexity index is 1270. The Labute approximate surface area is 177 Å². The molecule has 160 valence electrons. The lowest BCUT2D eigenvalue weighted by Crippen LogP contribution is -2.29. The van der Waals surface area contributed by atoms with Crippen molar-refractivity contribution >= 4 is 34.2 Å². The predicted octanol–water partition coefficient (Wildman–Crippen LogP) is 4.88. The van der Waals surface area contributed by atoms with Gasteiger partial charge < -0.3 is 10.6 Å². The summed E-state index contributed by atoms with van der Waals surface area (Å²) >= 11 is 5.74. The number of amides is 2. The number of carbonyl (C=O) groups is 1. The zero-order valence-electron chi connectivity index (χ0n) is 15.5. The molecule has 2 heterocycles. The molecule has 4 aromatic rings. The molecule has 0 saturated heterocycles. The highest BCUT2D eigenvalue weighted by molar-refractivity contribution is 6.30. The number of benzene rings is 2. The first-order chi connectivity index (χ1) is 14.7. The summed E-state index contributed by atoms with van der Waals surface area (Å²) < 4.78 is 53.9. The van der Waals surface area contributed by atoms with Gasteiger partial charge in [-0.3, -0.25) is 5.10 Å². The Balaban J connectivity index is 1.57. The maximum absolute atomic E-state index is 13.4. The normalized spacial score (nSPS) is 11.6. The molecule has 4 rings (SSSR count). The van der Waals surface area contributed by atoms with Crippen LogP contribution in [0.3, 0.4) is 0 Å². The van der Waals surface area contributed by atoms with Crippen LogP contribution in [0.25, 0.3) is 16.6 Å². The number of alkyl halides is 3. The molecule has 0 saturated carbocycles. The average Bonchev–Trinajstić information content (AvgIpc) is 3.36. The van der Waals surface area contributed by atoms with Crippen LogP contribution in [0.15, 0.2) is 48.7 Å². The largest absolute Gasteiger partial charge is 0.435 e. The van der Waals surface area contributed by atoms with E-state index in [9.17, 15) is 22.4 Å². The summed E-state index contributed by atoms with van der Waals surface area (Å²) in [6, 6.07) is 8.69. The third-order valence-electron chi connectivity index (χ3n) is 4.38. The van der Waals surface area contributed by atoms with Crippen LogP contribution >= 0.6 is 11.6 Å². The molecule has 0 fully saturated rings. The molecular weight excluding hydrogens is 440 g/mol. The Morgan fingerprint density at radius 3 is 2.74 bits per heavy atom. The predicted molar refractivity (Wildman–Crippen MR) is 105 cm³/mol. The molecule has 0 bridgehead atoms. The molecule has 31 heavy (non-hydrogen) atoms. The van der Waals surface area contributed by atoms with E-state index in [1.807, 2.05) is 0 Å². The van der Waals surface area contributed by atoms with Crippen LogP contribution in [0.4, 0.5) is 28.0 Å². The molecule has 0 aliphatic rings. The van der Waals surface area contributed by atoms with E-state index in [1.54, 1.807) is 18.2 Å². The second-order valence-electron chi connectivity index (χ2n) is 6.47. The smallest absolute Gasteiger partial charge is 0.332 e. The van der Waals surface area contributed by atoms with E-state index in [1.165, 1.54) is 12.3 Å². The number of urea groups is 1. The van der Waals surface area contributed by atoms with Gasteiger partial charge in [-0.15, -0.1) is 0 Å². The van der Waals surface area contributed by atoms with E-state index >= 15 is 0 Å². The zero-order chi connectivity index (χ0) is 22.2. The van der Waals surface area contributed by atoms with Gasteiger partial charge in [0.25, 0.3) is 0 Å². The fourth-order valence-corrected chi connectivity index (χ4v) is 3.11. The Morgan fingerprint density at radius 2 is 2.00 bits per heavy atom. The van der Waals surface area contributed by atoms with E-state index in [2.05, 4.69) is 25.9 Å². The Hall–Kier alpha value is -3.60. The van der Waals surface area contributed by atoms with Gasteiger partial charge in [0.2, 0.25) is 0 Å². The molecule has 0 spiro atoms. The lowest BCUT2D eigenvalue weighted by atomic mass is 10.2. The molecule has 7 nitrogen and oxygen atoms in total. The molecule has 3 N–H and O–H groups in total. The monoisotopic (exact) mass is 452 g/mol. The van der Waals surface area contributed by atoms with E-state index in [4.69, 9.17) is 11.6 Å². The van der Waals surface area contributed by atoms with Crippen molar-refractivity contribution in [1.82, 2.24) is 25.3 Å². The third-order valence-corrected chi connectivity index (χ3v) is 4.67. The number of hydrogen-bond donors (Lipinski definition) is 3. The van der Waals surface area contributed by atoms with E-state index in [0.717, 1.165) is 22.9 Å². The summed E-state index contributed by atoms with van der Waals surface area (Å²) in [6.07, 6.45) is -3.17. The lowest BCUT2D eigenvalue weighted by molar-refractivity contribution is -0.141. The van der Waals surface area contributed by atoms with Gasteiger partial charge in [0.15, 0.2) is 5.69 Å². The van der Waals surface area contributed by atoms with E-state index in [0.29, 0.717) is 16.6 Å². The van der Waals surface area contributed by atoms with Gasteiger partial charge in [-0.05, 0) is 36.4 Å². The van der Waals surface area contributed by atoms with Gasteiger partial charge in [0.05, 0.1) is 40.3 Å². The van der Waals surface area contributed by atoms with Crippen molar-refractivity contribution in [2.24, 2.45) is 0 Å². The van der Waals surface area contributed by atoms with Gasteiger partial charge in [-0.25, -0.2) is 13.9 Å². The number of anilines is 1. The zero-order valence-corrected chi connectivity index (χ0v) is 16.2. The summed E-state index contributed by atoms with van der Waals surface area (Å²) in [5, 5.41) is 15.7. The number of nitrogens with one attached hydrogen (secondary N) is 3. The van der Waals surface area contributed by atoms with Crippen LogP contribution in [-0.4, -0.2) is 26.0 Å². The summed E-state index contributed by atoms with van der Waals surface area (Å²) in [5.41, 5.74) is 0.153. The minimum atomic E-state index is -4.71. The van der Waals surface area contributed by atoms with Crippen molar-refractivity contribution in [2.75, 3.05) is 5.32 Å². The number of carbonyl (C=O) groups excluding carboxylic acids is 1. The SMILES string of the molecule is O=C(NCc1cc(C(F)(F)F)nn1-c1ccc(F)c(Cl)c1)Nc1cccc2[nH]ncc12. The molecular formula is C19H13ClF4N6O. The second-order valence-corrected chi connectivity index (χ2v) is 6.88. The van der Waals surface area contributed by atoms with Crippen molar-refractivity contribution in [3.05, 3.63) is 70.9 Å². The average molecular weight is 453 g/mol. The first-order valence-corrected chi connectivity index (χ1v) is 9.18. The van der Waals surface area contributed by atoms with Gasteiger partial charge >= 0.3 is 12.2 Å². The van der Waals surface area contributed by atoms with Crippen molar-refractivity contribution in [3.63, 3.8) is 0 Å². The number of nitrogens with zero attached hydrogens (tertiary/aromatic N) is 3. The standard InChI is InChI=1S/C19H13ClF4N6O/c20-13-6-10(4-5-14(13)21)30-11(7-17(29-30)19(22,23)24)8-25-18(31)27-15-2-1-3-16-12(15)9-26-28-16/h1-7,9H,8H2,(H,26,28)(H2,25,27,31). The highest BCUT2D eigenvalue weighted by Gasteiger charge is 2.35. The van der Waals surface area contributed by atoms with Crippen LogP contribution < -0.4 is 10.6 Å². The number of rotatable bonds is 4. The molecule has 2 amide bonds. The van der Waals surface area contributed by atoms with Crippen LogP contribution in [0.2, 0.25) is 5.02 Å². The Morgan fingerprint density at radius 1 is 1.19 bits per heavy atom. The number of halogens is 5. The topological polar surface area (TPSA) is 87.6 Å². The molecule has 0 aliphatic carbocycles. The highest BCUT2D eigenvalue weighted by Crippen LogP contribution is 2.30. The van der Waals surface area contributed by atoms with Gasteiger partial charge in [-0.2, -0.15) is 23.4 Å². The molecule has 0 atom stereocenters. The fraction of sp³-hybridized carbons (Fsp3) is 0.105. The third kappa shape index (κ3) is 4.31. The number of H-pyrrole nitrogens is 1. The summed E-state index contributed by atoms with van der Waals surface area (Å²) in [7, 11) is 0. The molecule has 12 heteroatoms. The first-order valence-electron chi connectivity index (χ1n) is 8.81. The summed E-state index contributed by atoms with van der Waals surface area (Å²) in [4.78, 5) is 12.3. The van der Waals surface area contributed by atoms with Crippen LogP contribution in [-0.2, 0) is 12.7 Å². The number of hydrogen-bond acceptors (Lipinski definition) is 3. The van der Waals surface area contributed by atoms with Gasteiger partial charge in [0, 0.05) is 5.39 Å². The minimum Gasteiger partial charge on any atom is -0.332 e. The molecule has 0 unspecified atom stereocenters. The number of aromatic amines is 1. The van der Waals surface area contributed by atoms with E-state index < -0.39 is 23.7 Å². The fourth-order valence-electron chi connectivity index (χ4n) is 2.94. The first kappa shape index (κ1) is 20.7. The summed E-state index contributed by atoms with van der Waals surface area (Å²) in [6.45, 7) is -0.286. The summed E-state index contributed by atoms with van der Waals surface area (Å²) in [5.74, 6) is -0.721. The van der Waals surface area contributed by atoms with Crippen molar-refractivity contribution < 1.29 is 22.4 Å². The van der Waals surface area contributed by atoms with E-state index in [-0.39, 0.29) is 22.9 Å². The van der Waals surface area contributed by atoms with Crippen molar-refractivity contribution in [3.8, 4) is 5.69 Å². The molecule has 0 aliphatic heterocycles. The van der Waals surface area contributed by atoms with Crippen molar-refractivity contribution in [2.45, 2.75) is 12.7 Å². The second kappa shape index (κ2) is 7.91. The Kier molecular flexibility index (Phi) is 5.27. The number of aromatic nitrogens is 4. The highest BCUT2D eigenvalue weighted by atomic mass is 35.5. The van der Waals surface area contributed by atoms with Crippen LogP contribution in [0, 0.1) is 5.82 Å². The van der Waals surface area contributed by atoms with Crippen molar-refractivity contribution in [1.29, 1.82) is 0 Å². The number of fused-ring (bicyclic) bond motifs is 1. The quantitative estimate of drug-likeness (QED) is 0.386. The van der Waals surface area contributed by atoms with Crippen LogP contribution in [0.1, 0.15) is 11.4 Å². The lowest BCUT2D eigenvalue weighted by Gasteiger charge is -2.11. The maximum Gasteiger partial charge on any atom is 0.435 e. The minimum absolute atomic E-state index is 0.0201. The maximum atomic E-state index is 13.4. The van der Waals surface area contributed by atoms with Gasteiger partial charge in [-0.1, -0.05) is 17.7 Å². The van der Waals surface area contributed by atoms with Gasteiger partial charge in [0.1, 0.15) is 5.82 Å². The molecule has 2 aromatic carbocycles. The molecule has 2 aromatic heterocycles. The van der Waals surface area contributed by atoms with Crippen LogP contribution in [0.5, 0.6) is 0 Å². The molecule has 0 radical (unpaired) electrons.